The summed E-state index contributed by atoms with van der Waals surface area (Å²) < 4.78 is 39.5. The summed E-state index contributed by atoms with van der Waals surface area (Å²) in [6, 6.07) is 1.82. The number of anilines is 1. The highest BCUT2D eigenvalue weighted by Gasteiger charge is 2.32. The maximum Gasteiger partial charge on any atom is 0.226 e. The van der Waals surface area contributed by atoms with E-state index in [0.29, 0.717) is 0 Å². The molecule has 0 atom stereocenters. The molecular weight excluding hydrogens is 281 g/mol. The quantitative estimate of drug-likeness (QED) is 0.837. The zero-order chi connectivity index (χ0) is 15.5. The Kier molecular flexibility index (Phi) is 4.88. The minimum atomic E-state index is -1.58. The molecule has 1 aliphatic carbocycles. The topological polar surface area (TPSA) is 41.1 Å². The lowest BCUT2D eigenvalue weighted by molar-refractivity contribution is -0.118. The van der Waals surface area contributed by atoms with Gasteiger partial charge in [0.25, 0.3) is 0 Å². The third kappa shape index (κ3) is 3.56. The standard InChI is InChI=1S/C15H19F3N2O/c1-19-15(7-3-2-4-8-15)9-12(21)20-11-6-5-10(16)13(17)14(11)18/h5-6,19H,2-4,7-9H2,1H3,(H,20,21). The molecule has 1 amide bonds. The van der Waals surface area contributed by atoms with Gasteiger partial charge in [0.05, 0.1) is 5.69 Å². The van der Waals surface area contributed by atoms with Crippen LogP contribution in [0.1, 0.15) is 38.5 Å². The van der Waals surface area contributed by atoms with Crippen LogP contribution < -0.4 is 10.6 Å². The van der Waals surface area contributed by atoms with Crippen molar-refractivity contribution in [2.75, 3.05) is 12.4 Å². The van der Waals surface area contributed by atoms with Crippen LogP contribution in [0.2, 0.25) is 0 Å². The molecule has 0 spiro atoms. The van der Waals surface area contributed by atoms with Crippen molar-refractivity contribution in [3.63, 3.8) is 0 Å². The van der Waals surface area contributed by atoms with E-state index in [0.717, 1.165) is 44.2 Å². The first-order chi connectivity index (χ1) is 9.97. The summed E-state index contributed by atoms with van der Waals surface area (Å²) in [7, 11) is 1.80. The van der Waals surface area contributed by atoms with Crippen molar-refractivity contribution in [3.8, 4) is 0 Å². The van der Waals surface area contributed by atoms with Crippen LogP contribution in [-0.4, -0.2) is 18.5 Å². The summed E-state index contributed by atoms with van der Waals surface area (Å²) >= 11 is 0. The molecular formula is C15H19F3N2O. The average molecular weight is 300 g/mol. The van der Waals surface area contributed by atoms with E-state index in [1.54, 1.807) is 7.05 Å². The van der Waals surface area contributed by atoms with Gasteiger partial charge in [-0.25, -0.2) is 13.2 Å². The number of amides is 1. The van der Waals surface area contributed by atoms with Gasteiger partial charge in [0.1, 0.15) is 0 Å². The molecule has 2 N–H and O–H groups in total. The first-order valence-electron chi connectivity index (χ1n) is 7.10. The summed E-state index contributed by atoms with van der Waals surface area (Å²) in [6.45, 7) is 0. The minimum absolute atomic E-state index is 0.182. The Morgan fingerprint density at radius 1 is 1.14 bits per heavy atom. The average Bonchev–Trinajstić information content (AvgIpc) is 2.49. The number of halogens is 3. The Morgan fingerprint density at radius 3 is 2.43 bits per heavy atom. The number of nitrogens with one attached hydrogen (secondary N) is 2. The number of benzene rings is 1. The molecule has 0 heterocycles. The molecule has 0 unspecified atom stereocenters. The molecule has 1 aliphatic rings. The number of carbonyl (C=O) groups excluding carboxylic acids is 1. The Bertz CT molecular complexity index is 528. The lowest BCUT2D eigenvalue weighted by atomic mass is 9.79. The van der Waals surface area contributed by atoms with Gasteiger partial charge in [-0.2, -0.15) is 0 Å². The number of rotatable bonds is 4. The predicted molar refractivity (Wildman–Crippen MR) is 74.4 cm³/mol. The normalized spacial score (nSPS) is 17.5. The molecule has 1 aromatic rings. The van der Waals surface area contributed by atoms with E-state index in [4.69, 9.17) is 0 Å². The zero-order valence-electron chi connectivity index (χ0n) is 11.9. The smallest absolute Gasteiger partial charge is 0.226 e. The summed E-state index contributed by atoms with van der Waals surface area (Å²) in [5.41, 5.74) is -0.627. The van der Waals surface area contributed by atoms with Crippen LogP contribution in [0.25, 0.3) is 0 Å². The fraction of sp³-hybridized carbons (Fsp3) is 0.533. The van der Waals surface area contributed by atoms with Crippen molar-refractivity contribution in [1.82, 2.24) is 5.32 Å². The summed E-state index contributed by atoms with van der Waals surface area (Å²) in [5.74, 6) is -4.63. The Balaban J connectivity index is 2.06. The van der Waals surface area contributed by atoms with Crippen LogP contribution in [0.5, 0.6) is 0 Å². The molecule has 3 nitrogen and oxygen atoms in total. The van der Waals surface area contributed by atoms with Crippen molar-refractivity contribution in [2.45, 2.75) is 44.1 Å². The van der Waals surface area contributed by atoms with Gasteiger partial charge in [-0.3, -0.25) is 4.79 Å². The molecule has 1 saturated carbocycles. The van der Waals surface area contributed by atoms with Crippen molar-refractivity contribution in [1.29, 1.82) is 0 Å². The highest BCUT2D eigenvalue weighted by molar-refractivity contribution is 5.91. The second-order valence-electron chi connectivity index (χ2n) is 5.54. The Morgan fingerprint density at radius 2 is 1.81 bits per heavy atom. The molecule has 1 aromatic carbocycles. The van der Waals surface area contributed by atoms with Crippen molar-refractivity contribution >= 4 is 11.6 Å². The number of hydrogen-bond donors (Lipinski definition) is 2. The van der Waals surface area contributed by atoms with Crippen LogP contribution in [-0.2, 0) is 4.79 Å². The maximum absolute atomic E-state index is 13.5. The van der Waals surface area contributed by atoms with Crippen molar-refractivity contribution in [3.05, 3.63) is 29.6 Å². The van der Waals surface area contributed by atoms with Gasteiger partial charge in [0, 0.05) is 12.0 Å². The summed E-state index contributed by atoms with van der Waals surface area (Å²) in [6.07, 6.45) is 5.14. The van der Waals surface area contributed by atoms with E-state index >= 15 is 0 Å². The Labute approximate surface area is 121 Å². The first-order valence-corrected chi connectivity index (χ1v) is 7.10. The second-order valence-corrected chi connectivity index (χ2v) is 5.54. The molecule has 21 heavy (non-hydrogen) atoms. The van der Waals surface area contributed by atoms with Crippen LogP contribution >= 0.6 is 0 Å². The van der Waals surface area contributed by atoms with Crippen LogP contribution in [0.4, 0.5) is 18.9 Å². The third-order valence-electron chi connectivity index (χ3n) is 4.15. The number of hydrogen-bond acceptors (Lipinski definition) is 2. The maximum atomic E-state index is 13.5. The second kappa shape index (κ2) is 6.47. The van der Waals surface area contributed by atoms with E-state index in [1.807, 2.05) is 0 Å². The monoisotopic (exact) mass is 300 g/mol. The van der Waals surface area contributed by atoms with E-state index in [9.17, 15) is 18.0 Å². The van der Waals surface area contributed by atoms with Gasteiger partial charge in [0.2, 0.25) is 5.91 Å². The largest absolute Gasteiger partial charge is 0.323 e. The predicted octanol–water partition coefficient (Wildman–Crippen LogP) is 3.35. The Hall–Kier alpha value is -1.56. The van der Waals surface area contributed by atoms with Gasteiger partial charge < -0.3 is 10.6 Å². The van der Waals surface area contributed by atoms with Gasteiger partial charge in [-0.1, -0.05) is 19.3 Å². The van der Waals surface area contributed by atoms with Gasteiger partial charge in [0.15, 0.2) is 17.5 Å². The summed E-state index contributed by atoms with van der Waals surface area (Å²) in [5, 5.41) is 5.50. The van der Waals surface area contributed by atoms with Crippen LogP contribution in [0.3, 0.4) is 0 Å². The molecule has 1 fully saturated rings. The van der Waals surface area contributed by atoms with E-state index in [2.05, 4.69) is 10.6 Å². The molecule has 0 aliphatic heterocycles. The van der Waals surface area contributed by atoms with Gasteiger partial charge in [-0.15, -0.1) is 0 Å². The lowest BCUT2D eigenvalue weighted by Crippen LogP contribution is -2.47. The SMILES string of the molecule is CNC1(CC(=O)Nc2ccc(F)c(F)c2F)CCCCC1. The lowest BCUT2D eigenvalue weighted by Gasteiger charge is -2.36. The zero-order valence-corrected chi connectivity index (χ0v) is 11.9. The molecule has 0 aromatic heterocycles. The van der Waals surface area contributed by atoms with E-state index in [1.165, 1.54) is 0 Å². The van der Waals surface area contributed by atoms with Crippen molar-refractivity contribution < 1.29 is 18.0 Å². The molecule has 6 heteroatoms. The van der Waals surface area contributed by atoms with Crippen LogP contribution in [0.15, 0.2) is 12.1 Å². The molecule has 0 bridgehead atoms. The fourth-order valence-electron chi connectivity index (χ4n) is 2.87. The molecule has 116 valence electrons. The third-order valence-corrected chi connectivity index (χ3v) is 4.15. The summed E-state index contributed by atoms with van der Waals surface area (Å²) in [4.78, 5) is 12.1. The van der Waals surface area contributed by atoms with Gasteiger partial charge >= 0.3 is 0 Å². The van der Waals surface area contributed by atoms with Gasteiger partial charge in [-0.05, 0) is 32.0 Å². The fourth-order valence-corrected chi connectivity index (χ4v) is 2.87. The highest BCUT2D eigenvalue weighted by atomic mass is 19.2. The minimum Gasteiger partial charge on any atom is -0.323 e. The highest BCUT2D eigenvalue weighted by Crippen LogP contribution is 2.31. The van der Waals surface area contributed by atoms with E-state index < -0.39 is 23.4 Å². The number of carbonyl (C=O) groups is 1. The van der Waals surface area contributed by atoms with E-state index in [-0.39, 0.29) is 17.6 Å². The molecule has 2 rings (SSSR count). The first kappa shape index (κ1) is 15.8. The molecule has 0 radical (unpaired) electrons. The van der Waals surface area contributed by atoms with Crippen molar-refractivity contribution in [2.24, 2.45) is 0 Å². The van der Waals surface area contributed by atoms with Crippen LogP contribution in [0, 0.1) is 17.5 Å². The molecule has 0 saturated heterocycles.